The molecule has 0 fully saturated rings. The van der Waals surface area contributed by atoms with Crippen LogP contribution in [0.25, 0.3) is 0 Å². The Balaban J connectivity index is 0.00000172. The summed E-state index contributed by atoms with van der Waals surface area (Å²) < 4.78 is 11.4. The molecule has 4 nitrogen and oxygen atoms in total. The van der Waals surface area contributed by atoms with Gasteiger partial charge in [-0.2, -0.15) is 0 Å². The highest BCUT2D eigenvalue weighted by molar-refractivity contribution is 5.73. The minimum atomic E-state index is -0.362. The lowest BCUT2D eigenvalue weighted by atomic mass is 9.77. The van der Waals surface area contributed by atoms with Gasteiger partial charge >= 0.3 is 11.9 Å². The van der Waals surface area contributed by atoms with Gasteiger partial charge in [0.15, 0.2) is 0 Å². The van der Waals surface area contributed by atoms with E-state index in [0.29, 0.717) is 11.5 Å². The van der Waals surface area contributed by atoms with Crippen molar-refractivity contribution in [2.75, 3.05) is 0 Å². The Hall–Kier alpha value is -2.10. The number of rotatable bonds is 9. The average molecular weight is 459 g/mol. The number of esters is 2. The van der Waals surface area contributed by atoms with Gasteiger partial charge < -0.3 is 9.47 Å². The van der Waals surface area contributed by atoms with Crippen molar-refractivity contribution in [1.82, 2.24) is 0 Å². The summed E-state index contributed by atoms with van der Waals surface area (Å²) in [6.45, 7) is 15.8. The van der Waals surface area contributed by atoms with E-state index >= 15 is 0 Å². The average Bonchev–Trinajstić information content (AvgIpc) is 2.71. The Labute approximate surface area is 202 Å². The van der Waals surface area contributed by atoms with E-state index in [-0.39, 0.29) is 23.3 Å². The van der Waals surface area contributed by atoms with Crippen molar-refractivity contribution in [2.24, 2.45) is 0 Å². The molecule has 0 radical (unpaired) electrons. The molecule has 33 heavy (non-hydrogen) atoms. The molecule has 0 N–H and O–H groups in total. The molecule has 0 saturated carbocycles. The first-order valence-corrected chi connectivity index (χ1v) is 12.8. The van der Waals surface area contributed by atoms with Gasteiger partial charge in [0, 0.05) is 25.3 Å². The van der Waals surface area contributed by atoms with Crippen LogP contribution >= 0.6 is 0 Å². The van der Waals surface area contributed by atoms with E-state index in [9.17, 15) is 9.59 Å². The predicted molar refractivity (Wildman–Crippen MR) is 137 cm³/mol. The molecule has 1 aliphatic carbocycles. The van der Waals surface area contributed by atoms with E-state index in [1.807, 2.05) is 12.1 Å². The quantitative estimate of drug-likeness (QED) is 0.161. The van der Waals surface area contributed by atoms with E-state index in [2.05, 4.69) is 47.6 Å². The molecule has 1 unspecified atom stereocenters. The fraction of sp³-hybridized carbons (Fsp3) is 0.655. The van der Waals surface area contributed by atoms with Gasteiger partial charge in [-0.1, -0.05) is 78.4 Å². The summed E-state index contributed by atoms with van der Waals surface area (Å²) in [6.07, 6.45) is 12.4. The number of ether oxygens (including phenoxy) is 2. The Morgan fingerprint density at radius 2 is 1.52 bits per heavy atom. The largest absolute Gasteiger partial charge is 0.426 e. The molecule has 0 saturated heterocycles. The van der Waals surface area contributed by atoms with E-state index in [4.69, 9.17) is 9.47 Å². The number of benzene rings is 1. The van der Waals surface area contributed by atoms with Crippen LogP contribution in [-0.2, 0) is 15.0 Å². The zero-order valence-electron chi connectivity index (χ0n) is 22.3. The van der Waals surface area contributed by atoms with Crippen LogP contribution in [0, 0.1) is 0 Å². The SMILES string of the molecule is CCC.CCCCCCC(C)(C)c1cc(OC(C)=O)c(C2C=C(C)CCC2)c(OC(C)=O)c1. The second kappa shape index (κ2) is 14.2. The van der Waals surface area contributed by atoms with Crippen LogP contribution in [0.15, 0.2) is 23.8 Å². The molecule has 1 atom stereocenters. The molecular formula is C29H46O4. The second-order valence-corrected chi connectivity index (χ2v) is 9.99. The van der Waals surface area contributed by atoms with Crippen LogP contribution in [0.2, 0.25) is 0 Å². The molecule has 0 aromatic heterocycles. The van der Waals surface area contributed by atoms with Crippen molar-refractivity contribution in [2.45, 2.75) is 125 Å². The van der Waals surface area contributed by atoms with E-state index < -0.39 is 0 Å². The van der Waals surface area contributed by atoms with E-state index in [0.717, 1.165) is 43.2 Å². The van der Waals surface area contributed by atoms with Crippen molar-refractivity contribution in [3.8, 4) is 11.5 Å². The predicted octanol–water partition coefficient (Wildman–Crippen LogP) is 8.42. The topological polar surface area (TPSA) is 52.6 Å². The number of unbranched alkanes of at least 4 members (excludes halogenated alkanes) is 3. The van der Waals surface area contributed by atoms with Crippen LogP contribution in [0.4, 0.5) is 0 Å². The fourth-order valence-corrected chi connectivity index (χ4v) is 4.31. The molecular weight excluding hydrogens is 412 g/mol. The Morgan fingerprint density at radius 3 is 1.97 bits per heavy atom. The van der Waals surface area contributed by atoms with Gasteiger partial charge in [0.2, 0.25) is 0 Å². The first-order valence-electron chi connectivity index (χ1n) is 12.8. The summed E-state index contributed by atoms with van der Waals surface area (Å²) in [7, 11) is 0. The zero-order valence-corrected chi connectivity index (χ0v) is 22.3. The van der Waals surface area contributed by atoms with Crippen molar-refractivity contribution in [3.05, 3.63) is 34.9 Å². The molecule has 0 aliphatic heterocycles. The molecule has 1 aromatic rings. The highest BCUT2D eigenvalue weighted by Gasteiger charge is 2.29. The molecule has 1 aliphatic rings. The second-order valence-electron chi connectivity index (χ2n) is 9.99. The third-order valence-electron chi connectivity index (χ3n) is 5.99. The fourth-order valence-electron chi connectivity index (χ4n) is 4.31. The van der Waals surface area contributed by atoms with Crippen LogP contribution < -0.4 is 9.47 Å². The van der Waals surface area contributed by atoms with Crippen molar-refractivity contribution in [1.29, 1.82) is 0 Å². The lowest BCUT2D eigenvalue weighted by Gasteiger charge is -2.29. The van der Waals surface area contributed by atoms with Gasteiger partial charge in [-0.25, -0.2) is 0 Å². The van der Waals surface area contributed by atoms with Gasteiger partial charge in [-0.3, -0.25) is 9.59 Å². The van der Waals surface area contributed by atoms with Gasteiger partial charge in [-0.05, 0) is 55.7 Å². The van der Waals surface area contributed by atoms with Gasteiger partial charge in [0.05, 0.1) is 0 Å². The number of carbonyl (C=O) groups is 2. The normalized spacial score (nSPS) is 15.8. The monoisotopic (exact) mass is 458 g/mol. The molecule has 2 rings (SSSR count). The van der Waals surface area contributed by atoms with Gasteiger partial charge in [0.1, 0.15) is 11.5 Å². The zero-order chi connectivity index (χ0) is 25.0. The Bertz CT molecular complexity index is 767. The molecule has 0 amide bonds. The summed E-state index contributed by atoms with van der Waals surface area (Å²) in [5, 5.41) is 0. The maximum atomic E-state index is 11.9. The molecule has 0 bridgehead atoms. The summed E-state index contributed by atoms with van der Waals surface area (Å²) in [5.74, 6) is 0.394. The summed E-state index contributed by atoms with van der Waals surface area (Å²) in [5.41, 5.74) is 3.04. The van der Waals surface area contributed by atoms with Crippen LogP contribution in [0.5, 0.6) is 11.5 Å². The van der Waals surface area contributed by atoms with Crippen molar-refractivity contribution in [3.63, 3.8) is 0 Å². The first-order chi connectivity index (χ1) is 15.5. The third kappa shape index (κ3) is 9.73. The minimum Gasteiger partial charge on any atom is -0.426 e. The maximum absolute atomic E-state index is 11.9. The lowest BCUT2D eigenvalue weighted by molar-refractivity contribution is -0.132. The molecule has 1 aromatic carbocycles. The molecule has 4 heteroatoms. The Kier molecular flexibility index (Phi) is 12.5. The van der Waals surface area contributed by atoms with Crippen molar-refractivity contribution >= 4 is 11.9 Å². The first kappa shape index (κ1) is 28.9. The summed E-state index contributed by atoms with van der Waals surface area (Å²) in [6, 6.07) is 3.97. The summed E-state index contributed by atoms with van der Waals surface area (Å²) in [4.78, 5) is 23.8. The highest BCUT2D eigenvalue weighted by atomic mass is 16.5. The minimum absolute atomic E-state index is 0.0733. The van der Waals surface area contributed by atoms with E-state index in [1.54, 1.807) is 0 Å². The number of hydrogen-bond acceptors (Lipinski definition) is 4. The number of allylic oxidation sites excluding steroid dienone is 2. The standard InChI is InChI=1S/C26H38O4.C3H8/c1-7-8-9-10-14-26(5,6)22-16-23(29-19(3)27)25(24(17-22)30-20(4)28)21-13-11-12-18(2)15-21;1-3-2/h15-17,21H,7-14H2,1-6H3;3H2,1-2H3. The molecule has 0 spiro atoms. The Morgan fingerprint density at radius 1 is 0.970 bits per heavy atom. The van der Waals surface area contributed by atoms with Crippen molar-refractivity contribution < 1.29 is 19.1 Å². The smallest absolute Gasteiger partial charge is 0.308 e. The van der Waals surface area contributed by atoms with Crippen LogP contribution in [0.3, 0.4) is 0 Å². The van der Waals surface area contributed by atoms with E-state index in [1.165, 1.54) is 45.1 Å². The van der Waals surface area contributed by atoms with Crippen LogP contribution in [0.1, 0.15) is 130 Å². The molecule has 0 heterocycles. The lowest BCUT2D eigenvalue weighted by Crippen LogP contribution is -2.19. The van der Waals surface area contributed by atoms with Gasteiger partial charge in [0.25, 0.3) is 0 Å². The van der Waals surface area contributed by atoms with Gasteiger partial charge in [-0.15, -0.1) is 0 Å². The number of carbonyl (C=O) groups excluding carboxylic acids is 2. The maximum Gasteiger partial charge on any atom is 0.308 e. The summed E-state index contributed by atoms with van der Waals surface area (Å²) >= 11 is 0. The number of hydrogen-bond donors (Lipinski definition) is 0. The third-order valence-corrected chi connectivity index (χ3v) is 5.99. The molecule has 186 valence electrons. The van der Waals surface area contributed by atoms with Crippen LogP contribution in [-0.4, -0.2) is 11.9 Å². The highest BCUT2D eigenvalue weighted by Crippen LogP contribution is 2.45.